The summed E-state index contributed by atoms with van der Waals surface area (Å²) in [7, 11) is 0. The van der Waals surface area contributed by atoms with E-state index in [1.54, 1.807) is 0 Å². The van der Waals surface area contributed by atoms with E-state index >= 15 is 0 Å². The molecule has 2 heterocycles. The molecule has 2 heteroatoms. The molecule has 17 heavy (non-hydrogen) atoms. The van der Waals surface area contributed by atoms with Crippen LogP contribution in [0.25, 0.3) is 0 Å². The van der Waals surface area contributed by atoms with E-state index < -0.39 is 0 Å². The van der Waals surface area contributed by atoms with Crippen molar-refractivity contribution in [1.29, 1.82) is 0 Å². The van der Waals surface area contributed by atoms with Crippen LogP contribution in [0.2, 0.25) is 0 Å². The maximum atomic E-state index is 4.40. The van der Waals surface area contributed by atoms with Gasteiger partial charge < -0.3 is 4.90 Å². The van der Waals surface area contributed by atoms with Gasteiger partial charge in [-0.2, -0.15) is 0 Å². The van der Waals surface area contributed by atoms with Gasteiger partial charge in [-0.25, -0.2) is 0 Å². The maximum absolute atomic E-state index is 4.40. The van der Waals surface area contributed by atoms with Crippen LogP contribution >= 0.6 is 0 Å². The van der Waals surface area contributed by atoms with Crippen molar-refractivity contribution >= 4 is 5.69 Å². The summed E-state index contributed by atoms with van der Waals surface area (Å²) in [6, 6.07) is 4.37. The molecule has 0 spiro atoms. The van der Waals surface area contributed by atoms with Crippen molar-refractivity contribution in [2.75, 3.05) is 18.0 Å². The number of anilines is 1. The summed E-state index contributed by atoms with van der Waals surface area (Å²) in [5.41, 5.74) is 2.55. The van der Waals surface area contributed by atoms with Gasteiger partial charge in [-0.3, -0.25) is 4.98 Å². The lowest BCUT2D eigenvalue weighted by Gasteiger charge is -2.19. The van der Waals surface area contributed by atoms with Crippen LogP contribution < -0.4 is 4.90 Å². The third-order valence-corrected chi connectivity index (χ3v) is 3.15. The van der Waals surface area contributed by atoms with Gasteiger partial charge in [-0.1, -0.05) is 34.6 Å². The highest BCUT2D eigenvalue weighted by molar-refractivity contribution is 5.47. The molecule has 1 saturated heterocycles. The van der Waals surface area contributed by atoms with Gasteiger partial charge in [-0.15, -0.1) is 0 Å². The van der Waals surface area contributed by atoms with Gasteiger partial charge in [0.15, 0.2) is 0 Å². The van der Waals surface area contributed by atoms with Crippen molar-refractivity contribution in [3.63, 3.8) is 0 Å². The summed E-state index contributed by atoms with van der Waals surface area (Å²) in [4.78, 5) is 6.87. The van der Waals surface area contributed by atoms with Gasteiger partial charge in [0.1, 0.15) is 0 Å². The summed E-state index contributed by atoms with van der Waals surface area (Å²) in [5.74, 6) is 1.35. The minimum absolute atomic E-state index is 0.518. The molecule has 0 amide bonds. The van der Waals surface area contributed by atoms with Gasteiger partial charge in [0.25, 0.3) is 0 Å². The second-order valence-corrected chi connectivity index (χ2v) is 4.93. The molecule has 0 bridgehead atoms. The molecule has 0 saturated carbocycles. The van der Waals surface area contributed by atoms with Crippen molar-refractivity contribution in [1.82, 2.24) is 4.98 Å². The van der Waals surface area contributed by atoms with Crippen LogP contribution in [0, 0.1) is 5.92 Å². The second-order valence-electron chi connectivity index (χ2n) is 4.93. The van der Waals surface area contributed by atoms with E-state index in [1.165, 1.54) is 30.9 Å². The smallest absolute Gasteiger partial charge is 0.0449 e. The lowest BCUT2D eigenvalue weighted by atomic mass is 10.1. The van der Waals surface area contributed by atoms with E-state index in [9.17, 15) is 0 Å². The highest BCUT2D eigenvalue weighted by Gasteiger charge is 2.19. The molecule has 1 atom stereocenters. The molecule has 0 radical (unpaired) electrons. The molecule has 2 rings (SSSR count). The molecule has 0 N–H and O–H groups in total. The molecule has 1 aromatic rings. The Morgan fingerprint density at radius 1 is 1.35 bits per heavy atom. The van der Waals surface area contributed by atoms with E-state index in [1.807, 2.05) is 20.0 Å². The fourth-order valence-electron chi connectivity index (χ4n) is 2.12. The van der Waals surface area contributed by atoms with Crippen LogP contribution in [0.4, 0.5) is 5.69 Å². The zero-order valence-electron chi connectivity index (χ0n) is 11.9. The monoisotopic (exact) mass is 234 g/mol. The Bertz CT molecular complexity index is 333. The third kappa shape index (κ3) is 3.72. The Balaban J connectivity index is 0.000000686. The number of pyridine rings is 1. The average Bonchev–Trinajstić information content (AvgIpc) is 2.79. The molecule has 1 aliphatic heterocycles. The van der Waals surface area contributed by atoms with Gasteiger partial charge >= 0.3 is 0 Å². The Morgan fingerprint density at radius 2 is 2.06 bits per heavy atom. The van der Waals surface area contributed by atoms with Crippen LogP contribution in [0.5, 0.6) is 0 Å². The van der Waals surface area contributed by atoms with Gasteiger partial charge in [0.05, 0.1) is 0 Å². The molecule has 0 aromatic carbocycles. The van der Waals surface area contributed by atoms with Crippen molar-refractivity contribution in [2.24, 2.45) is 5.92 Å². The first-order valence-corrected chi connectivity index (χ1v) is 6.87. The number of aromatic nitrogens is 1. The Morgan fingerprint density at radius 3 is 2.59 bits per heavy atom. The van der Waals surface area contributed by atoms with Gasteiger partial charge in [0, 0.05) is 30.7 Å². The van der Waals surface area contributed by atoms with E-state index in [-0.39, 0.29) is 0 Å². The van der Waals surface area contributed by atoms with Gasteiger partial charge in [0.2, 0.25) is 0 Å². The van der Waals surface area contributed by atoms with Crippen molar-refractivity contribution in [3.8, 4) is 0 Å². The molecule has 0 aliphatic carbocycles. The van der Waals surface area contributed by atoms with E-state index in [0.29, 0.717) is 5.92 Å². The molecule has 2 nitrogen and oxygen atoms in total. The number of nitrogens with zero attached hydrogens (tertiary/aromatic N) is 2. The molecular weight excluding hydrogens is 208 g/mol. The summed E-state index contributed by atoms with van der Waals surface area (Å²) in [6.07, 6.45) is 3.26. The molecule has 1 unspecified atom stereocenters. The van der Waals surface area contributed by atoms with Gasteiger partial charge in [-0.05, 0) is 30.4 Å². The zero-order chi connectivity index (χ0) is 12.8. The van der Waals surface area contributed by atoms with E-state index in [0.717, 1.165) is 5.92 Å². The predicted octanol–water partition coefficient (Wildman–Crippen LogP) is 4.08. The minimum Gasteiger partial charge on any atom is -0.371 e. The van der Waals surface area contributed by atoms with Crippen molar-refractivity contribution in [2.45, 2.75) is 47.0 Å². The second kappa shape index (κ2) is 6.63. The topological polar surface area (TPSA) is 16.1 Å². The fourth-order valence-corrected chi connectivity index (χ4v) is 2.12. The maximum Gasteiger partial charge on any atom is 0.0449 e. The SMILES string of the molecule is CC.CC1CCN(c2ccnc(C(C)C)c2)C1. The highest BCUT2D eigenvalue weighted by atomic mass is 15.1. The summed E-state index contributed by atoms with van der Waals surface area (Å²) < 4.78 is 0. The Labute approximate surface area is 106 Å². The summed E-state index contributed by atoms with van der Waals surface area (Å²) >= 11 is 0. The third-order valence-electron chi connectivity index (χ3n) is 3.15. The van der Waals surface area contributed by atoms with Crippen molar-refractivity contribution in [3.05, 3.63) is 24.0 Å². The highest BCUT2D eigenvalue weighted by Crippen LogP contribution is 2.25. The first-order valence-electron chi connectivity index (χ1n) is 6.87. The number of rotatable bonds is 2. The molecule has 96 valence electrons. The van der Waals surface area contributed by atoms with E-state index in [4.69, 9.17) is 0 Å². The summed E-state index contributed by atoms with van der Waals surface area (Å²) in [5, 5.41) is 0. The summed E-state index contributed by atoms with van der Waals surface area (Å²) in [6.45, 7) is 13.1. The molecule has 1 aromatic heterocycles. The predicted molar refractivity (Wildman–Crippen MR) is 75.7 cm³/mol. The molecule has 1 fully saturated rings. The number of hydrogen-bond acceptors (Lipinski definition) is 2. The average molecular weight is 234 g/mol. The Hall–Kier alpha value is -1.05. The minimum atomic E-state index is 0.518. The van der Waals surface area contributed by atoms with E-state index in [2.05, 4.69) is 42.8 Å². The normalized spacial score (nSPS) is 19.2. The lowest BCUT2D eigenvalue weighted by Crippen LogP contribution is -2.19. The van der Waals surface area contributed by atoms with Crippen LogP contribution in [0.15, 0.2) is 18.3 Å². The molecule has 1 aliphatic rings. The lowest BCUT2D eigenvalue weighted by molar-refractivity contribution is 0.659. The quantitative estimate of drug-likeness (QED) is 0.766. The number of hydrogen-bond donors (Lipinski definition) is 0. The largest absolute Gasteiger partial charge is 0.371 e. The van der Waals surface area contributed by atoms with Crippen LogP contribution in [0.3, 0.4) is 0 Å². The van der Waals surface area contributed by atoms with Crippen LogP contribution in [0.1, 0.15) is 52.7 Å². The van der Waals surface area contributed by atoms with Crippen LogP contribution in [-0.4, -0.2) is 18.1 Å². The standard InChI is InChI=1S/C13H20N2.C2H6/c1-10(2)13-8-12(4-6-14-13)15-7-5-11(3)9-15;1-2/h4,6,8,10-11H,5,7,9H2,1-3H3;1-2H3. The zero-order valence-corrected chi connectivity index (χ0v) is 11.9. The first-order chi connectivity index (χ1) is 8.16. The van der Waals surface area contributed by atoms with Crippen molar-refractivity contribution < 1.29 is 0 Å². The fraction of sp³-hybridized carbons (Fsp3) is 0.667. The van der Waals surface area contributed by atoms with Crippen LogP contribution in [-0.2, 0) is 0 Å². The molecular formula is C15H26N2. The first kappa shape index (κ1) is 14.0. The Kier molecular flexibility index (Phi) is 5.46.